The van der Waals surface area contributed by atoms with E-state index in [1.54, 1.807) is 19.1 Å². The van der Waals surface area contributed by atoms with Crippen LogP contribution in [-0.4, -0.2) is 43.3 Å². The molecular weight excluding hydrogens is 262 g/mol. The van der Waals surface area contributed by atoms with Gasteiger partial charge in [0.1, 0.15) is 11.9 Å². The molecule has 6 heteroatoms. The van der Waals surface area contributed by atoms with Crippen molar-refractivity contribution < 1.29 is 24.2 Å². The van der Waals surface area contributed by atoms with Crippen LogP contribution in [0.3, 0.4) is 0 Å². The van der Waals surface area contributed by atoms with Crippen molar-refractivity contribution in [2.75, 3.05) is 20.3 Å². The van der Waals surface area contributed by atoms with E-state index in [9.17, 15) is 9.59 Å². The van der Waals surface area contributed by atoms with E-state index in [0.29, 0.717) is 18.7 Å². The van der Waals surface area contributed by atoms with Crippen LogP contribution >= 0.6 is 0 Å². The Labute approximate surface area is 117 Å². The highest BCUT2D eigenvalue weighted by molar-refractivity contribution is 5.80. The number of amides is 1. The van der Waals surface area contributed by atoms with Gasteiger partial charge in [-0.25, -0.2) is 4.79 Å². The van der Waals surface area contributed by atoms with Crippen LogP contribution in [-0.2, 0) is 20.7 Å². The van der Waals surface area contributed by atoms with E-state index in [1.165, 1.54) is 7.11 Å². The van der Waals surface area contributed by atoms with Crippen molar-refractivity contribution in [3.05, 3.63) is 29.8 Å². The number of methoxy groups -OCH3 is 1. The molecule has 1 rings (SSSR count). The molecule has 0 aliphatic rings. The van der Waals surface area contributed by atoms with Gasteiger partial charge in [0.05, 0.1) is 0 Å². The molecule has 0 saturated carbocycles. The van der Waals surface area contributed by atoms with E-state index < -0.39 is 12.1 Å². The van der Waals surface area contributed by atoms with Gasteiger partial charge in [-0.3, -0.25) is 4.79 Å². The molecule has 0 aromatic heterocycles. The van der Waals surface area contributed by atoms with Gasteiger partial charge in [0.15, 0.2) is 6.61 Å². The predicted octanol–water partition coefficient (Wildman–Crippen LogP) is 0.844. The molecule has 0 saturated heterocycles. The lowest BCUT2D eigenvalue weighted by atomic mass is 10.1. The normalized spacial score (nSPS) is 11.7. The number of carbonyl (C=O) groups excluding carboxylic acids is 1. The fourth-order valence-corrected chi connectivity index (χ4v) is 1.48. The van der Waals surface area contributed by atoms with Gasteiger partial charge in [0.25, 0.3) is 0 Å². The molecule has 0 aliphatic heterocycles. The summed E-state index contributed by atoms with van der Waals surface area (Å²) in [4.78, 5) is 21.8. The third-order valence-electron chi connectivity index (χ3n) is 2.72. The van der Waals surface area contributed by atoms with Crippen LogP contribution < -0.4 is 10.1 Å². The smallest absolute Gasteiger partial charge is 0.341 e. The summed E-state index contributed by atoms with van der Waals surface area (Å²) in [5, 5.41) is 11.3. The summed E-state index contributed by atoms with van der Waals surface area (Å²) >= 11 is 0. The van der Waals surface area contributed by atoms with Gasteiger partial charge < -0.3 is 19.9 Å². The summed E-state index contributed by atoms with van der Waals surface area (Å²) in [7, 11) is 1.49. The van der Waals surface area contributed by atoms with E-state index >= 15 is 0 Å². The van der Waals surface area contributed by atoms with Gasteiger partial charge in [0.2, 0.25) is 5.91 Å². The van der Waals surface area contributed by atoms with Crippen LogP contribution in [0.5, 0.6) is 5.75 Å². The van der Waals surface area contributed by atoms with Crippen molar-refractivity contribution in [1.29, 1.82) is 0 Å². The third kappa shape index (κ3) is 5.71. The molecule has 0 radical (unpaired) electrons. The number of aliphatic carboxylic acids is 1. The van der Waals surface area contributed by atoms with Gasteiger partial charge in [0, 0.05) is 13.7 Å². The van der Waals surface area contributed by atoms with Crippen LogP contribution in [0, 0.1) is 0 Å². The molecule has 0 fully saturated rings. The number of carboxylic acid groups (broad SMARTS) is 1. The van der Waals surface area contributed by atoms with Gasteiger partial charge in [-0.2, -0.15) is 0 Å². The monoisotopic (exact) mass is 281 g/mol. The second-order valence-corrected chi connectivity index (χ2v) is 4.25. The number of carbonyl (C=O) groups is 2. The van der Waals surface area contributed by atoms with E-state index in [1.807, 2.05) is 12.1 Å². The largest absolute Gasteiger partial charge is 0.482 e. The maximum Gasteiger partial charge on any atom is 0.341 e. The van der Waals surface area contributed by atoms with E-state index in [4.69, 9.17) is 14.6 Å². The standard InChI is InChI=1S/C14H19NO5/c1-10(19-2)14(18)15-8-7-11-3-5-12(6-4-11)20-9-13(16)17/h3-6,10H,7-9H2,1-2H3,(H,15,18)(H,16,17). The summed E-state index contributed by atoms with van der Waals surface area (Å²) in [5.74, 6) is -0.647. The Hall–Kier alpha value is -2.08. The number of benzene rings is 1. The fourth-order valence-electron chi connectivity index (χ4n) is 1.48. The van der Waals surface area contributed by atoms with Crippen LogP contribution in [0.2, 0.25) is 0 Å². The van der Waals surface area contributed by atoms with Crippen LogP contribution in [0.1, 0.15) is 12.5 Å². The average molecular weight is 281 g/mol. The first kappa shape index (κ1) is 16.0. The quantitative estimate of drug-likeness (QED) is 0.737. The summed E-state index contributed by atoms with van der Waals surface area (Å²) in [6, 6.07) is 7.09. The van der Waals surface area contributed by atoms with Gasteiger partial charge in [-0.15, -0.1) is 0 Å². The first-order valence-corrected chi connectivity index (χ1v) is 6.27. The highest BCUT2D eigenvalue weighted by Crippen LogP contribution is 2.12. The Morgan fingerprint density at radius 2 is 1.95 bits per heavy atom. The fraction of sp³-hybridized carbons (Fsp3) is 0.429. The Morgan fingerprint density at radius 3 is 2.50 bits per heavy atom. The van der Waals surface area contributed by atoms with Crippen molar-refractivity contribution >= 4 is 11.9 Å². The average Bonchev–Trinajstić information content (AvgIpc) is 2.45. The summed E-state index contributed by atoms with van der Waals surface area (Å²) in [5.41, 5.74) is 1.03. The molecule has 1 amide bonds. The molecule has 1 aromatic carbocycles. The number of hydrogen-bond donors (Lipinski definition) is 2. The molecule has 1 aromatic rings. The zero-order valence-corrected chi connectivity index (χ0v) is 11.6. The summed E-state index contributed by atoms with van der Waals surface area (Å²) in [6.45, 7) is 1.84. The Bertz CT molecular complexity index is 443. The lowest BCUT2D eigenvalue weighted by Gasteiger charge is -2.10. The minimum absolute atomic E-state index is 0.145. The molecule has 0 aliphatic carbocycles. The minimum atomic E-state index is -1.01. The summed E-state index contributed by atoms with van der Waals surface area (Å²) in [6.07, 6.45) is 0.225. The lowest BCUT2D eigenvalue weighted by Crippen LogP contribution is -2.35. The van der Waals surface area contributed by atoms with Crippen LogP contribution in [0.15, 0.2) is 24.3 Å². The van der Waals surface area contributed by atoms with Crippen molar-refractivity contribution in [2.45, 2.75) is 19.4 Å². The number of nitrogens with one attached hydrogen (secondary N) is 1. The molecule has 110 valence electrons. The topological polar surface area (TPSA) is 84.9 Å². The predicted molar refractivity (Wildman–Crippen MR) is 72.8 cm³/mol. The highest BCUT2D eigenvalue weighted by Gasteiger charge is 2.09. The number of hydrogen-bond acceptors (Lipinski definition) is 4. The molecule has 2 N–H and O–H groups in total. The third-order valence-corrected chi connectivity index (χ3v) is 2.72. The van der Waals surface area contributed by atoms with Gasteiger partial charge in [-0.1, -0.05) is 12.1 Å². The molecule has 1 atom stereocenters. The first-order chi connectivity index (χ1) is 9.52. The van der Waals surface area contributed by atoms with E-state index in [2.05, 4.69) is 5.32 Å². The summed E-state index contributed by atoms with van der Waals surface area (Å²) < 4.78 is 9.93. The van der Waals surface area contributed by atoms with Gasteiger partial charge in [-0.05, 0) is 31.0 Å². The Morgan fingerprint density at radius 1 is 1.30 bits per heavy atom. The zero-order chi connectivity index (χ0) is 15.0. The second kappa shape index (κ2) is 8.16. The maximum absolute atomic E-state index is 11.5. The van der Waals surface area contributed by atoms with Crippen molar-refractivity contribution in [1.82, 2.24) is 5.32 Å². The molecule has 0 spiro atoms. The van der Waals surface area contributed by atoms with E-state index in [0.717, 1.165) is 5.56 Å². The Balaban J connectivity index is 2.34. The highest BCUT2D eigenvalue weighted by atomic mass is 16.5. The first-order valence-electron chi connectivity index (χ1n) is 6.27. The van der Waals surface area contributed by atoms with Gasteiger partial charge >= 0.3 is 5.97 Å². The Kier molecular flexibility index (Phi) is 6.52. The number of rotatable bonds is 8. The van der Waals surface area contributed by atoms with Crippen molar-refractivity contribution in [3.63, 3.8) is 0 Å². The van der Waals surface area contributed by atoms with Crippen LogP contribution in [0.25, 0.3) is 0 Å². The zero-order valence-electron chi connectivity index (χ0n) is 11.6. The molecule has 0 heterocycles. The number of ether oxygens (including phenoxy) is 2. The second-order valence-electron chi connectivity index (χ2n) is 4.25. The maximum atomic E-state index is 11.5. The van der Waals surface area contributed by atoms with Crippen LogP contribution in [0.4, 0.5) is 0 Å². The van der Waals surface area contributed by atoms with Crippen molar-refractivity contribution in [2.24, 2.45) is 0 Å². The molecule has 0 bridgehead atoms. The van der Waals surface area contributed by atoms with Crippen molar-refractivity contribution in [3.8, 4) is 5.75 Å². The molecule has 1 unspecified atom stereocenters. The molecule has 20 heavy (non-hydrogen) atoms. The molecular formula is C14H19NO5. The SMILES string of the molecule is COC(C)C(=O)NCCc1ccc(OCC(=O)O)cc1. The lowest BCUT2D eigenvalue weighted by molar-refractivity contribution is -0.139. The minimum Gasteiger partial charge on any atom is -0.482 e. The number of carboxylic acids is 1. The van der Waals surface area contributed by atoms with E-state index in [-0.39, 0.29) is 12.5 Å². The molecule has 6 nitrogen and oxygen atoms in total.